The molecule has 4 N–H and O–H groups in total. The van der Waals surface area contributed by atoms with Crippen LogP contribution in [0.1, 0.15) is 25.7 Å². The number of rotatable bonds is 4. The van der Waals surface area contributed by atoms with E-state index in [0.717, 1.165) is 32.7 Å². The van der Waals surface area contributed by atoms with Gasteiger partial charge in [-0.1, -0.05) is 72.8 Å². The Morgan fingerprint density at radius 1 is 0.891 bits per heavy atom. The van der Waals surface area contributed by atoms with E-state index in [1.807, 2.05) is 48.5 Å². The number of nitrogens with two attached hydrogens (primary N) is 1. The predicted octanol–water partition coefficient (Wildman–Crippen LogP) is 5.68. The van der Waals surface area contributed by atoms with E-state index >= 15 is 0 Å². The first-order valence-electron chi connectivity index (χ1n) is 15.3. The number of methoxy groups -OCH3 is 1. The van der Waals surface area contributed by atoms with Crippen LogP contribution in [0.2, 0.25) is 0 Å². The number of hydrogen-bond donors (Lipinski definition) is 3. The van der Waals surface area contributed by atoms with E-state index in [9.17, 15) is 14.4 Å². The molecule has 1 aliphatic rings. The van der Waals surface area contributed by atoms with Crippen molar-refractivity contribution in [1.29, 1.82) is 0 Å². The van der Waals surface area contributed by atoms with Crippen molar-refractivity contribution in [3.63, 3.8) is 0 Å². The van der Waals surface area contributed by atoms with Crippen molar-refractivity contribution in [3.05, 3.63) is 108 Å². The summed E-state index contributed by atoms with van der Waals surface area (Å²) in [6.45, 7) is 0.856. The second kappa shape index (κ2) is 15.5. The number of benzene rings is 4. The van der Waals surface area contributed by atoms with Crippen LogP contribution >= 0.6 is 0 Å². The van der Waals surface area contributed by atoms with Gasteiger partial charge in [-0.25, -0.2) is 4.79 Å². The van der Waals surface area contributed by atoms with Gasteiger partial charge in [0.1, 0.15) is 29.5 Å². The number of amides is 2. The Kier molecular flexibility index (Phi) is 10.8. The lowest BCUT2D eigenvalue weighted by Crippen LogP contribution is -2.36. The zero-order chi connectivity index (χ0) is 32.3. The smallest absolute Gasteiger partial charge is 0.354 e. The molecule has 0 spiro atoms. The van der Waals surface area contributed by atoms with Gasteiger partial charge in [-0.05, 0) is 71.6 Å². The van der Waals surface area contributed by atoms with Crippen LogP contribution in [0.3, 0.4) is 0 Å². The molecule has 0 bridgehead atoms. The largest absolute Gasteiger partial charge is 0.493 e. The quantitative estimate of drug-likeness (QED) is 0.152. The van der Waals surface area contributed by atoms with E-state index in [1.165, 1.54) is 13.2 Å². The van der Waals surface area contributed by atoms with Crippen molar-refractivity contribution >= 4 is 39.3 Å². The van der Waals surface area contributed by atoms with Crippen molar-refractivity contribution in [3.8, 4) is 22.6 Å². The van der Waals surface area contributed by atoms with Crippen LogP contribution in [0.25, 0.3) is 32.7 Å². The summed E-state index contributed by atoms with van der Waals surface area (Å²) >= 11 is 0. The van der Waals surface area contributed by atoms with Crippen molar-refractivity contribution in [1.82, 2.24) is 10.6 Å². The summed E-state index contributed by atoms with van der Waals surface area (Å²) in [5.74, 6) is -0.430. The number of unbranched alkanes of at least 4 members (excludes halogenated alkanes) is 1. The summed E-state index contributed by atoms with van der Waals surface area (Å²) in [5, 5.41) is 9.35. The molecule has 4 aromatic rings. The van der Waals surface area contributed by atoms with Crippen molar-refractivity contribution in [2.45, 2.75) is 25.7 Å². The maximum absolute atomic E-state index is 13.2. The second-order valence-electron chi connectivity index (χ2n) is 10.6. The van der Waals surface area contributed by atoms with Crippen LogP contribution in [0.5, 0.6) is 11.5 Å². The van der Waals surface area contributed by atoms with Gasteiger partial charge < -0.3 is 30.6 Å². The van der Waals surface area contributed by atoms with Gasteiger partial charge in [-0.3, -0.25) is 9.59 Å². The maximum Gasteiger partial charge on any atom is 0.354 e. The Labute approximate surface area is 267 Å². The van der Waals surface area contributed by atoms with E-state index in [0.29, 0.717) is 37.3 Å². The third-order valence-electron chi connectivity index (χ3n) is 7.50. The van der Waals surface area contributed by atoms with Crippen molar-refractivity contribution < 1.29 is 28.6 Å². The molecular weight excluding hydrogens is 582 g/mol. The minimum Gasteiger partial charge on any atom is -0.493 e. The van der Waals surface area contributed by atoms with Crippen LogP contribution < -0.4 is 25.8 Å². The van der Waals surface area contributed by atoms with E-state index < -0.39 is 11.9 Å². The number of carbonyl (C=O) groups excluding carboxylic acids is 3. The summed E-state index contributed by atoms with van der Waals surface area (Å²) in [5.41, 5.74) is 7.33. The number of ether oxygens (including phenoxy) is 3. The third-order valence-corrected chi connectivity index (χ3v) is 7.50. The Balaban J connectivity index is 1.59. The standard InChI is InChI=1S/C37H37N3O6/c1-44-37(43)30-16-7-9-23-45-31-20-18-25-11-2-4-13-27(25)34(31)35-28-14-5-3-12-26(28)19-21-32(35)46-24-10-17-33(41)39-29(36(42)40-30)15-6-8-22-38/h2-5,7,9,11-16,18-21H,6,8,10,17,22-24,38H2,1H3,(H,39,41)(H,40,42)/b9-7+,29-15-,30-16-. The SMILES string of the molecule is COC(=O)/C1=C/C=C/COc2ccc3ccccc3c2-c2c(ccc3ccccc23)OCCCC(=O)N/C(=C\CCCN)C(=O)N1. The van der Waals surface area contributed by atoms with Crippen LogP contribution in [-0.4, -0.2) is 44.7 Å². The fourth-order valence-corrected chi connectivity index (χ4v) is 5.27. The Bertz CT molecular complexity index is 1840. The molecule has 0 radical (unpaired) electrons. The summed E-state index contributed by atoms with van der Waals surface area (Å²) in [6, 6.07) is 24.2. The maximum atomic E-state index is 13.2. The first-order valence-corrected chi connectivity index (χ1v) is 15.3. The summed E-state index contributed by atoms with van der Waals surface area (Å²) in [7, 11) is 1.22. The second-order valence-corrected chi connectivity index (χ2v) is 10.6. The molecule has 1 aliphatic heterocycles. The first kappa shape index (κ1) is 32.0. The zero-order valence-electron chi connectivity index (χ0n) is 25.7. The molecule has 9 heteroatoms. The molecule has 0 unspecified atom stereocenters. The minimum absolute atomic E-state index is 0.0264. The lowest BCUT2D eigenvalue weighted by atomic mass is 9.92. The average Bonchev–Trinajstić information content (AvgIpc) is 3.08. The molecule has 0 aliphatic carbocycles. The number of carbonyl (C=O) groups is 3. The number of esters is 1. The first-order chi connectivity index (χ1) is 22.5. The normalized spacial score (nSPS) is 17.4. The Hall–Kier alpha value is -5.41. The molecular formula is C37H37N3O6. The van der Waals surface area contributed by atoms with E-state index in [4.69, 9.17) is 19.9 Å². The molecule has 0 aromatic heterocycles. The molecule has 2 amide bonds. The average molecular weight is 620 g/mol. The van der Waals surface area contributed by atoms with Crippen molar-refractivity contribution in [2.24, 2.45) is 5.73 Å². The molecule has 9 nitrogen and oxygen atoms in total. The highest BCUT2D eigenvalue weighted by Gasteiger charge is 2.20. The van der Waals surface area contributed by atoms with Gasteiger partial charge in [-0.2, -0.15) is 0 Å². The van der Waals surface area contributed by atoms with Gasteiger partial charge in [0, 0.05) is 17.5 Å². The predicted molar refractivity (Wildman–Crippen MR) is 179 cm³/mol. The van der Waals surface area contributed by atoms with E-state index in [-0.39, 0.29) is 36.9 Å². The van der Waals surface area contributed by atoms with Gasteiger partial charge in [0.05, 0.1) is 13.7 Å². The third kappa shape index (κ3) is 7.62. The topological polar surface area (TPSA) is 129 Å². The van der Waals surface area contributed by atoms with Gasteiger partial charge in [0.25, 0.3) is 5.91 Å². The highest BCUT2D eigenvalue weighted by molar-refractivity contribution is 6.10. The van der Waals surface area contributed by atoms with Gasteiger partial charge in [0.15, 0.2) is 0 Å². The van der Waals surface area contributed by atoms with E-state index in [1.54, 1.807) is 18.2 Å². The highest BCUT2D eigenvalue weighted by Crippen LogP contribution is 2.45. The monoisotopic (exact) mass is 619 g/mol. The molecule has 236 valence electrons. The Morgan fingerprint density at radius 3 is 2.20 bits per heavy atom. The number of fused-ring (bicyclic) bond motifs is 7. The van der Waals surface area contributed by atoms with Crippen LogP contribution in [0, 0.1) is 0 Å². The molecule has 0 atom stereocenters. The lowest BCUT2D eigenvalue weighted by molar-refractivity contribution is -0.137. The zero-order valence-corrected chi connectivity index (χ0v) is 25.7. The van der Waals surface area contributed by atoms with Crippen LogP contribution in [0.15, 0.2) is 108 Å². The summed E-state index contributed by atoms with van der Waals surface area (Å²) < 4.78 is 17.6. The number of allylic oxidation sites excluding steroid dienone is 3. The van der Waals surface area contributed by atoms with Crippen LogP contribution in [-0.2, 0) is 19.1 Å². The summed E-state index contributed by atoms with van der Waals surface area (Å²) in [4.78, 5) is 38.6. The summed E-state index contributed by atoms with van der Waals surface area (Å²) in [6.07, 6.45) is 7.94. The highest BCUT2D eigenvalue weighted by atomic mass is 16.5. The van der Waals surface area contributed by atoms with E-state index in [2.05, 4.69) is 34.9 Å². The lowest BCUT2D eigenvalue weighted by Gasteiger charge is -2.19. The molecule has 1 heterocycles. The van der Waals surface area contributed by atoms with Crippen LogP contribution in [0.4, 0.5) is 0 Å². The fraction of sp³-hybridized carbons (Fsp3) is 0.216. The van der Waals surface area contributed by atoms with Gasteiger partial charge in [0.2, 0.25) is 5.91 Å². The van der Waals surface area contributed by atoms with Crippen molar-refractivity contribution in [2.75, 3.05) is 26.9 Å². The molecule has 4 aromatic carbocycles. The number of nitrogens with one attached hydrogen (secondary N) is 2. The molecule has 46 heavy (non-hydrogen) atoms. The fourth-order valence-electron chi connectivity index (χ4n) is 5.27. The molecule has 0 fully saturated rings. The molecule has 0 saturated carbocycles. The molecule has 5 rings (SSSR count). The van der Waals surface area contributed by atoms with Gasteiger partial charge in [-0.15, -0.1) is 0 Å². The van der Waals surface area contributed by atoms with Gasteiger partial charge >= 0.3 is 5.97 Å². The minimum atomic E-state index is -0.741. The number of hydrogen-bond acceptors (Lipinski definition) is 7. The molecule has 0 saturated heterocycles. The Morgan fingerprint density at radius 2 is 1.54 bits per heavy atom.